The molecular formula is C16H9NO6S2. The highest BCUT2D eigenvalue weighted by Crippen LogP contribution is 2.29. The van der Waals surface area contributed by atoms with Gasteiger partial charge >= 0.3 is 11.9 Å². The van der Waals surface area contributed by atoms with Crippen LogP contribution in [0.15, 0.2) is 39.7 Å². The molecule has 1 aliphatic rings. The van der Waals surface area contributed by atoms with Crippen molar-refractivity contribution in [2.45, 2.75) is 0 Å². The molecule has 2 aromatic rings. The summed E-state index contributed by atoms with van der Waals surface area (Å²) in [7, 11) is 0. The van der Waals surface area contributed by atoms with E-state index >= 15 is 0 Å². The van der Waals surface area contributed by atoms with Crippen LogP contribution in [0, 0.1) is 0 Å². The van der Waals surface area contributed by atoms with Crippen LogP contribution < -0.4 is 5.32 Å². The zero-order valence-corrected chi connectivity index (χ0v) is 13.9. The maximum Gasteiger partial charge on any atom is 0.335 e. The van der Waals surface area contributed by atoms with Gasteiger partial charge in [0.15, 0.2) is 0 Å². The molecule has 3 rings (SSSR count). The van der Waals surface area contributed by atoms with Gasteiger partial charge in [0, 0.05) is 11.6 Å². The molecule has 1 aromatic carbocycles. The smallest absolute Gasteiger partial charge is 0.335 e. The van der Waals surface area contributed by atoms with E-state index in [4.69, 9.17) is 26.8 Å². The Balaban J connectivity index is 1.98. The van der Waals surface area contributed by atoms with Gasteiger partial charge in [0.1, 0.15) is 15.8 Å². The molecule has 1 amide bonds. The summed E-state index contributed by atoms with van der Waals surface area (Å²) in [5.74, 6) is -2.18. The van der Waals surface area contributed by atoms with Gasteiger partial charge in [-0.2, -0.15) is 0 Å². The third kappa shape index (κ3) is 3.62. The highest BCUT2D eigenvalue weighted by molar-refractivity contribution is 8.26. The van der Waals surface area contributed by atoms with E-state index in [1.807, 2.05) is 0 Å². The molecule has 0 bridgehead atoms. The number of hydrogen-bond donors (Lipinski definition) is 3. The SMILES string of the molecule is O=C1NC(=S)SC1=Cc1ccc(-c2cc(C(=O)O)cc(C(=O)O)c2)o1. The van der Waals surface area contributed by atoms with E-state index in [-0.39, 0.29) is 22.8 Å². The highest BCUT2D eigenvalue weighted by atomic mass is 32.2. The molecule has 2 heterocycles. The van der Waals surface area contributed by atoms with Crippen LogP contribution in [0.3, 0.4) is 0 Å². The van der Waals surface area contributed by atoms with Gasteiger partial charge in [-0.1, -0.05) is 24.0 Å². The summed E-state index contributed by atoms with van der Waals surface area (Å²) in [6, 6.07) is 6.86. The predicted molar refractivity (Wildman–Crippen MR) is 94.4 cm³/mol. The minimum Gasteiger partial charge on any atom is -0.478 e. The zero-order valence-electron chi connectivity index (χ0n) is 12.3. The van der Waals surface area contributed by atoms with Gasteiger partial charge in [-0.15, -0.1) is 0 Å². The maximum absolute atomic E-state index is 11.6. The minimum atomic E-state index is -1.24. The first-order valence-corrected chi connectivity index (χ1v) is 8.03. The lowest BCUT2D eigenvalue weighted by Crippen LogP contribution is -2.17. The van der Waals surface area contributed by atoms with E-state index in [0.717, 1.165) is 17.8 Å². The van der Waals surface area contributed by atoms with Crippen molar-refractivity contribution < 1.29 is 29.0 Å². The van der Waals surface area contributed by atoms with Crippen molar-refractivity contribution in [1.29, 1.82) is 0 Å². The minimum absolute atomic E-state index is 0.165. The van der Waals surface area contributed by atoms with Gasteiger partial charge in [0.05, 0.1) is 16.0 Å². The second-order valence-corrected chi connectivity index (χ2v) is 6.68. The molecule has 1 saturated heterocycles. The molecule has 1 aliphatic heterocycles. The van der Waals surface area contributed by atoms with Crippen LogP contribution in [0.25, 0.3) is 17.4 Å². The van der Waals surface area contributed by atoms with Crippen molar-refractivity contribution in [3.8, 4) is 11.3 Å². The van der Waals surface area contributed by atoms with Gasteiger partial charge in [-0.05, 0) is 30.3 Å². The maximum atomic E-state index is 11.6. The van der Waals surface area contributed by atoms with Crippen LogP contribution in [0.5, 0.6) is 0 Å². The third-order valence-electron chi connectivity index (χ3n) is 3.25. The summed E-state index contributed by atoms with van der Waals surface area (Å²) >= 11 is 6.00. The Hall–Kier alpha value is -2.91. The molecule has 0 unspecified atom stereocenters. The third-order valence-corrected chi connectivity index (χ3v) is 4.42. The van der Waals surface area contributed by atoms with E-state index in [1.165, 1.54) is 18.2 Å². The average Bonchev–Trinajstić information content (AvgIpc) is 3.14. The number of thioether (sulfide) groups is 1. The Labute approximate surface area is 150 Å². The van der Waals surface area contributed by atoms with Crippen LogP contribution in [0.4, 0.5) is 0 Å². The van der Waals surface area contributed by atoms with Gasteiger partial charge < -0.3 is 19.9 Å². The van der Waals surface area contributed by atoms with Crippen molar-refractivity contribution in [3.63, 3.8) is 0 Å². The molecule has 0 atom stereocenters. The van der Waals surface area contributed by atoms with E-state index in [9.17, 15) is 14.4 Å². The first-order chi connectivity index (χ1) is 11.8. The molecule has 0 saturated carbocycles. The number of aromatic carboxylic acids is 2. The predicted octanol–water partition coefficient (Wildman–Crippen LogP) is 2.83. The Morgan fingerprint density at radius 3 is 2.28 bits per heavy atom. The summed E-state index contributed by atoms with van der Waals surface area (Å²) in [4.78, 5) is 34.4. The number of hydrogen-bond acceptors (Lipinski definition) is 6. The zero-order chi connectivity index (χ0) is 18.1. The van der Waals surface area contributed by atoms with Crippen molar-refractivity contribution in [2.75, 3.05) is 0 Å². The lowest BCUT2D eigenvalue weighted by molar-refractivity contribution is -0.115. The molecule has 3 N–H and O–H groups in total. The Bertz CT molecular complexity index is 927. The van der Waals surface area contributed by atoms with Gasteiger partial charge in [0.2, 0.25) is 0 Å². The van der Waals surface area contributed by atoms with E-state index < -0.39 is 11.9 Å². The molecular weight excluding hydrogens is 366 g/mol. The number of amides is 1. The largest absolute Gasteiger partial charge is 0.478 e. The normalized spacial score (nSPS) is 15.4. The van der Waals surface area contributed by atoms with Gasteiger partial charge in [0.25, 0.3) is 5.91 Å². The fourth-order valence-corrected chi connectivity index (χ4v) is 3.18. The number of carbonyl (C=O) groups excluding carboxylic acids is 1. The second-order valence-electron chi connectivity index (χ2n) is 4.96. The number of carboxylic acid groups (broad SMARTS) is 2. The van der Waals surface area contributed by atoms with Crippen molar-refractivity contribution in [1.82, 2.24) is 5.32 Å². The van der Waals surface area contributed by atoms with E-state index in [0.29, 0.717) is 20.5 Å². The number of benzene rings is 1. The topological polar surface area (TPSA) is 117 Å². The monoisotopic (exact) mass is 375 g/mol. The lowest BCUT2D eigenvalue weighted by atomic mass is 10.0. The van der Waals surface area contributed by atoms with Crippen LogP contribution in [-0.2, 0) is 4.79 Å². The molecule has 0 radical (unpaired) electrons. The number of furan rings is 1. The molecule has 0 aliphatic carbocycles. The molecule has 7 nitrogen and oxygen atoms in total. The van der Waals surface area contributed by atoms with Crippen molar-refractivity contribution in [3.05, 3.63) is 52.1 Å². The molecule has 1 aromatic heterocycles. The quantitative estimate of drug-likeness (QED) is 0.552. The Kier molecular flexibility index (Phi) is 4.43. The number of thiocarbonyl (C=S) groups is 1. The summed E-state index contributed by atoms with van der Waals surface area (Å²) in [6.45, 7) is 0. The number of rotatable bonds is 4. The first kappa shape index (κ1) is 16.9. The summed E-state index contributed by atoms with van der Waals surface area (Å²) in [5, 5.41) is 20.7. The fraction of sp³-hybridized carbons (Fsp3) is 0. The van der Waals surface area contributed by atoms with Crippen molar-refractivity contribution >= 4 is 52.2 Å². The molecule has 25 heavy (non-hydrogen) atoms. The van der Waals surface area contributed by atoms with E-state index in [2.05, 4.69) is 5.32 Å². The van der Waals surface area contributed by atoms with Crippen LogP contribution in [0.1, 0.15) is 26.5 Å². The fourth-order valence-electron chi connectivity index (χ4n) is 2.15. The van der Waals surface area contributed by atoms with Crippen LogP contribution >= 0.6 is 24.0 Å². The number of carbonyl (C=O) groups is 3. The summed E-state index contributed by atoms with van der Waals surface area (Å²) < 4.78 is 5.94. The van der Waals surface area contributed by atoms with Gasteiger partial charge in [-0.3, -0.25) is 4.79 Å². The second kappa shape index (κ2) is 6.54. The molecule has 1 fully saturated rings. The van der Waals surface area contributed by atoms with Gasteiger partial charge in [-0.25, -0.2) is 9.59 Å². The van der Waals surface area contributed by atoms with E-state index in [1.54, 1.807) is 12.1 Å². The highest BCUT2D eigenvalue weighted by Gasteiger charge is 2.22. The Morgan fingerprint density at radius 1 is 1.12 bits per heavy atom. The average molecular weight is 375 g/mol. The number of carboxylic acids is 2. The molecule has 126 valence electrons. The van der Waals surface area contributed by atoms with Crippen LogP contribution in [0.2, 0.25) is 0 Å². The van der Waals surface area contributed by atoms with Crippen molar-refractivity contribution in [2.24, 2.45) is 0 Å². The Morgan fingerprint density at radius 2 is 1.76 bits per heavy atom. The summed E-state index contributed by atoms with van der Waals surface area (Å²) in [6.07, 6.45) is 1.50. The standard InChI is InChI=1S/C16H9NO6S2/c18-13-12(25-16(24)17-13)6-10-1-2-11(23-10)7-3-8(14(19)20)5-9(4-7)15(21)22/h1-6H,(H,19,20)(H,21,22)(H,17,18,24). The number of nitrogens with one attached hydrogen (secondary N) is 1. The molecule has 9 heteroatoms. The summed E-state index contributed by atoms with van der Waals surface area (Å²) in [5.41, 5.74) is -0.0226. The molecule has 0 spiro atoms. The first-order valence-electron chi connectivity index (χ1n) is 6.80. The van der Waals surface area contributed by atoms with Crippen LogP contribution in [-0.4, -0.2) is 32.4 Å². The lowest BCUT2D eigenvalue weighted by Gasteiger charge is -2.03.